The quantitative estimate of drug-likeness (QED) is 0.626. The molecule has 0 heterocycles. The molecule has 0 saturated heterocycles. The van der Waals surface area contributed by atoms with Gasteiger partial charge in [-0.1, -0.05) is 6.92 Å². The third-order valence-corrected chi connectivity index (χ3v) is 2.91. The lowest BCUT2D eigenvalue weighted by molar-refractivity contribution is -0.387. The van der Waals surface area contributed by atoms with Crippen LogP contribution in [0.2, 0.25) is 0 Å². The van der Waals surface area contributed by atoms with Gasteiger partial charge in [0.25, 0.3) is 5.91 Å². The lowest BCUT2D eigenvalue weighted by Gasteiger charge is -2.19. The maximum atomic E-state index is 13.4. The zero-order chi connectivity index (χ0) is 14.6. The summed E-state index contributed by atoms with van der Waals surface area (Å²) in [5.74, 6) is -1.74. The fourth-order valence-corrected chi connectivity index (χ4v) is 1.39. The van der Waals surface area contributed by atoms with Gasteiger partial charge in [0.05, 0.1) is 4.92 Å². The van der Waals surface area contributed by atoms with E-state index in [1.165, 1.54) is 6.07 Å². The molecule has 1 amide bonds. The second-order valence-electron chi connectivity index (χ2n) is 4.35. The maximum absolute atomic E-state index is 13.4. The predicted molar refractivity (Wildman–Crippen MR) is 66.2 cm³/mol. The van der Waals surface area contributed by atoms with Crippen LogP contribution in [0.3, 0.4) is 0 Å². The minimum absolute atomic E-state index is 0.0000831. The van der Waals surface area contributed by atoms with E-state index in [0.717, 1.165) is 12.1 Å². The first-order valence-electron chi connectivity index (χ1n) is 5.72. The van der Waals surface area contributed by atoms with Gasteiger partial charge in [-0.2, -0.15) is 4.39 Å². The van der Waals surface area contributed by atoms with Crippen LogP contribution in [-0.4, -0.2) is 28.6 Å². The Hall–Kier alpha value is -2.02. The molecule has 1 rings (SSSR count). The van der Waals surface area contributed by atoms with Crippen molar-refractivity contribution in [3.05, 3.63) is 39.7 Å². The number of carbonyl (C=O) groups excluding carboxylic acids is 1. The van der Waals surface area contributed by atoms with Crippen molar-refractivity contribution in [1.82, 2.24) is 5.32 Å². The van der Waals surface area contributed by atoms with E-state index in [4.69, 9.17) is 5.11 Å². The smallest absolute Gasteiger partial charge is 0.304 e. The molecule has 7 heteroatoms. The number of benzene rings is 1. The Bertz CT molecular complexity index is 493. The van der Waals surface area contributed by atoms with Crippen molar-refractivity contribution in [1.29, 1.82) is 0 Å². The topological polar surface area (TPSA) is 92.5 Å². The zero-order valence-electron chi connectivity index (χ0n) is 10.6. The van der Waals surface area contributed by atoms with Crippen molar-refractivity contribution in [2.24, 2.45) is 5.92 Å². The summed E-state index contributed by atoms with van der Waals surface area (Å²) in [5, 5.41) is 22.0. The molecule has 6 nitrogen and oxygen atoms in total. The van der Waals surface area contributed by atoms with E-state index < -0.39 is 22.3 Å². The molecule has 1 aromatic rings. The number of nitrogens with one attached hydrogen (secondary N) is 1. The number of hydrogen-bond acceptors (Lipinski definition) is 4. The summed E-state index contributed by atoms with van der Waals surface area (Å²) in [7, 11) is 0. The number of nitro groups is 1. The highest BCUT2D eigenvalue weighted by Gasteiger charge is 2.19. The second-order valence-corrected chi connectivity index (χ2v) is 4.35. The van der Waals surface area contributed by atoms with Crippen LogP contribution in [-0.2, 0) is 0 Å². The molecule has 2 unspecified atom stereocenters. The van der Waals surface area contributed by atoms with Gasteiger partial charge in [0.2, 0.25) is 5.82 Å². The number of carbonyl (C=O) groups is 1. The Morgan fingerprint density at radius 2 is 2.16 bits per heavy atom. The van der Waals surface area contributed by atoms with Crippen LogP contribution in [0, 0.1) is 21.8 Å². The zero-order valence-corrected chi connectivity index (χ0v) is 10.6. The molecule has 0 spiro atoms. The van der Waals surface area contributed by atoms with Gasteiger partial charge in [0.15, 0.2) is 0 Å². The summed E-state index contributed by atoms with van der Waals surface area (Å²) in [6.07, 6.45) is 0. The third-order valence-electron chi connectivity index (χ3n) is 2.91. The highest BCUT2D eigenvalue weighted by atomic mass is 19.1. The Morgan fingerprint density at radius 1 is 1.53 bits per heavy atom. The molecule has 0 aliphatic rings. The Labute approximate surface area is 109 Å². The molecular formula is C12H15FN2O4. The van der Waals surface area contributed by atoms with Crippen LogP contribution in [0.4, 0.5) is 10.1 Å². The Kier molecular flexibility index (Phi) is 4.94. The SMILES string of the molecule is CC(CO)C(C)NC(=O)c1ccc([N+](=O)[O-])c(F)c1. The van der Waals surface area contributed by atoms with Gasteiger partial charge in [-0.15, -0.1) is 0 Å². The first-order chi connectivity index (χ1) is 8.86. The third kappa shape index (κ3) is 3.72. The number of nitro benzene ring substituents is 1. The van der Waals surface area contributed by atoms with E-state index in [-0.39, 0.29) is 24.1 Å². The largest absolute Gasteiger partial charge is 0.396 e. The molecule has 2 N–H and O–H groups in total. The van der Waals surface area contributed by atoms with E-state index in [2.05, 4.69) is 5.32 Å². The van der Waals surface area contributed by atoms with Gasteiger partial charge in [-0.3, -0.25) is 14.9 Å². The lowest BCUT2D eigenvalue weighted by atomic mass is 10.0. The molecule has 0 fully saturated rings. The van der Waals surface area contributed by atoms with E-state index in [9.17, 15) is 19.3 Å². The van der Waals surface area contributed by atoms with E-state index >= 15 is 0 Å². The summed E-state index contributed by atoms with van der Waals surface area (Å²) < 4.78 is 13.4. The second kappa shape index (κ2) is 6.24. The van der Waals surface area contributed by atoms with E-state index in [1.807, 2.05) is 0 Å². The molecule has 0 bridgehead atoms. The van der Waals surface area contributed by atoms with Crippen molar-refractivity contribution >= 4 is 11.6 Å². The average molecular weight is 270 g/mol. The number of aliphatic hydroxyl groups excluding tert-OH is 1. The highest BCUT2D eigenvalue weighted by Crippen LogP contribution is 2.18. The number of hydrogen-bond donors (Lipinski definition) is 2. The van der Waals surface area contributed by atoms with Crippen molar-refractivity contribution < 1.29 is 19.2 Å². The molecular weight excluding hydrogens is 255 g/mol. The van der Waals surface area contributed by atoms with Gasteiger partial charge in [0, 0.05) is 24.3 Å². The van der Waals surface area contributed by atoms with Gasteiger partial charge < -0.3 is 10.4 Å². The Balaban J connectivity index is 2.84. The van der Waals surface area contributed by atoms with Crippen molar-refractivity contribution in [2.75, 3.05) is 6.61 Å². The molecule has 0 radical (unpaired) electrons. The fraction of sp³-hybridized carbons (Fsp3) is 0.417. The number of nitrogens with zero attached hydrogens (tertiary/aromatic N) is 1. The molecule has 0 aliphatic carbocycles. The normalized spacial score (nSPS) is 13.7. The standard InChI is InChI=1S/C12H15FN2O4/c1-7(6-16)8(2)14-12(17)9-3-4-11(15(18)19)10(13)5-9/h3-5,7-8,16H,6H2,1-2H3,(H,14,17). The van der Waals surface area contributed by atoms with Crippen LogP contribution in [0.5, 0.6) is 0 Å². The summed E-state index contributed by atoms with van der Waals surface area (Å²) >= 11 is 0. The van der Waals surface area contributed by atoms with Gasteiger partial charge in [-0.05, 0) is 25.0 Å². The Morgan fingerprint density at radius 3 is 2.63 bits per heavy atom. The minimum Gasteiger partial charge on any atom is -0.396 e. The molecule has 1 aromatic carbocycles. The number of aliphatic hydroxyl groups is 1. The van der Waals surface area contributed by atoms with Gasteiger partial charge in [0.1, 0.15) is 0 Å². The van der Waals surface area contributed by atoms with Crippen LogP contribution in [0.15, 0.2) is 18.2 Å². The summed E-state index contributed by atoms with van der Waals surface area (Å²) in [5.41, 5.74) is -0.673. The first-order valence-corrected chi connectivity index (χ1v) is 5.72. The molecule has 2 atom stereocenters. The number of rotatable bonds is 5. The molecule has 19 heavy (non-hydrogen) atoms. The van der Waals surface area contributed by atoms with Gasteiger partial charge >= 0.3 is 5.69 Å². The minimum atomic E-state index is -1.06. The van der Waals surface area contributed by atoms with Crippen LogP contribution in [0.25, 0.3) is 0 Å². The molecule has 0 saturated carbocycles. The molecule has 0 aliphatic heterocycles. The molecule has 104 valence electrons. The number of amides is 1. The summed E-state index contributed by atoms with van der Waals surface area (Å²) in [4.78, 5) is 21.4. The van der Waals surface area contributed by atoms with Gasteiger partial charge in [-0.25, -0.2) is 0 Å². The summed E-state index contributed by atoms with van der Waals surface area (Å²) in [6, 6.07) is 2.66. The van der Waals surface area contributed by atoms with Crippen molar-refractivity contribution in [3.63, 3.8) is 0 Å². The highest BCUT2D eigenvalue weighted by molar-refractivity contribution is 5.94. The van der Waals surface area contributed by atoms with Crippen molar-refractivity contribution in [2.45, 2.75) is 19.9 Å². The monoisotopic (exact) mass is 270 g/mol. The van der Waals surface area contributed by atoms with Crippen molar-refractivity contribution in [3.8, 4) is 0 Å². The van der Waals surface area contributed by atoms with E-state index in [1.54, 1.807) is 13.8 Å². The summed E-state index contributed by atoms with van der Waals surface area (Å²) in [6.45, 7) is 3.37. The first kappa shape index (κ1) is 15.0. The maximum Gasteiger partial charge on any atom is 0.304 e. The fourth-order valence-electron chi connectivity index (χ4n) is 1.39. The number of halogens is 1. The average Bonchev–Trinajstić information content (AvgIpc) is 2.36. The lowest BCUT2D eigenvalue weighted by Crippen LogP contribution is -2.38. The van der Waals surface area contributed by atoms with Crippen LogP contribution in [0.1, 0.15) is 24.2 Å². The van der Waals surface area contributed by atoms with E-state index in [0.29, 0.717) is 0 Å². The van der Waals surface area contributed by atoms with Crippen LogP contribution < -0.4 is 5.32 Å². The molecule has 0 aromatic heterocycles. The van der Waals surface area contributed by atoms with Crippen LogP contribution >= 0.6 is 0 Å². The predicted octanol–water partition coefficient (Wildman–Crippen LogP) is 1.48.